The summed E-state index contributed by atoms with van der Waals surface area (Å²) in [7, 11) is 0. The number of hydrogen-bond acceptors (Lipinski definition) is 6. The average molecular weight is 268 g/mol. The number of aromatic nitrogens is 1. The summed E-state index contributed by atoms with van der Waals surface area (Å²) < 4.78 is 10.8. The number of hydrazine groups is 1. The highest BCUT2D eigenvalue weighted by Crippen LogP contribution is 2.18. The third-order valence-electron chi connectivity index (χ3n) is 3.33. The maximum atomic E-state index is 11.3. The number of rotatable bonds is 4. The minimum Gasteiger partial charge on any atom is -0.376 e. The van der Waals surface area contributed by atoms with Crippen LogP contribution in [0.15, 0.2) is 10.6 Å². The fraction of sp³-hybridized carbons (Fsp3) is 0.667. The topological polar surface area (TPSA) is 93.6 Å². The van der Waals surface area contributed by atoms with Gasteiger partial charge in [0.25, 0.3) is 5.91 Å². The standard InChI is InChI=1S/C12H20N4O3/c1-3-9-7-18-8(2)5-16(9)6-10-4-11(15-19-10)12(17)14-13/h4,8-9H,3,5-7,13H2,1-2H3,(H,14,17). The number of carbonyl (C=O) groups excluding carboxylic acids is 1. The molecular formula is C12H20N4O3. The lowest BCUT2D eigenvalue weighted by Crippen LogP contribution is -2.47. The first-order valence-corrected chi connectivity index (χ1v) is 6.46. The van der Waals surface area contributed by atoms with Crippen molar-refractivity contribution in [2.45, 2.75) is 39.0 Å². The number of hydrogen-bond donors (Lipinski definition) is 2. The molecule has 0 saturated carbocycles. The first-order chi connectivity index (χ1) is 9.13. The molecule has 0 radical (unpaired) electrons. The molecule has 0 bridgehead atoms. The molecule has 2 heterocycles. The third kappa shape index (κ3) is 3.31. The Labute approximate surface area is 112 Å². The summed E-state index contributed by atoms with van der Waals surface area (Å²) >= 11 is 0. The molecule has 2 atom stereocenters. The molecule has 1 aromatic rings. The van der Waals surface area contributed by atoms with Crippen LogP contribution in [0.2, 0.25) is 0 Å². The molecule has 2 rings (SSSR count). The maximum absolute atomic E-state index is 11.3. The van der Waals surface area contributed by atoms with Gasteiger partial charge in [0.15, 0.2) is 11.5 Å². The van der Waals surface area contributed by atoms with Crippen molar-refractivity contribution in [3.05, 3.63) is 17.5 Å². The fourth-order valence-corrected chi connectivity index (χ4v) is 2.25. The van der Waals surface area contributed by atoms with Crippen LogP contribution < -0.4 is 11.3 Å². The van der Waals surface area contributed by atoms with Gasteiger partial charge in [-0.2, -0.15) is 0 Å². The number of nitrogens with zero attached hydrogens (tertiary/aromatic N) is 2. The van der Waals surface area contributed by atoms with E-state index >= 15 is 0 Å². The molecule has 0 aliphatic carbocycles. The van der Waals surface area contributed by atoms with E-state index in [0.717, 1.165) is 19.6 Å². The lowest BCUT2D eigenvalue weighted by molar-refractivity contribution is -0.0615. The van der Waals surface area contributed by atoms with E-state index in [1.807, 2.05) is 12.3 Å². The highest BCUT2D eigenvalue weighted by molar-refractivity contribution is 5.91. The molecule has 7 nitrogen and oxygen atoms in total. The lowest BCUT2D eigenvalue weighted by atomic mass is 10.1. The Morgan fingerprint density at radius 1 is 1.68 bits per heavy atom. The van der Waals surface area contributed by atoms with Gasteiger partial charge >= 0.3 is 0 Å². The molecule has 1 aromatic heterocycles. The summed E-state index contributed by atoms with van der Waals surface area (Å²) in [5, 5.41) is 3.70. The minimum absolute atomic E-state index is 0.201. The van der Waals surface area contributed by atoms with Gasteiger partial charge in [-0.15, -0.1) is 0 Å². The monoisotopic (exact) mass is 268 g/mol. The largest absolute Gasteiger partial charge is 0.376 e. The second-order valence-electron chi connectivity index (χ2n) is 4.79. The van der Waals surface area contributed by atoms with Crippen molar-refractivity contribution in [3.63, 3.8) is 0 Å². The number of nitrogens with one attached hydrogen (secondary N) is 1. The number of ether oxygens (including phenoxy) is 1. The van der Waals surface area contributed by atoms with Crippen molar-refractivity contribution < 1.29 is 14.1 Å². The molecule has 1 amide bonds. The zero-order chi connectivity index (χ0) is 13.8. The molecule has 0 aromatic carbocycles. The minimum atomic E-state index is -0.447. The highest BCUT2D eigenvalue weighted by Gasteiger charge is 2.26. The average Bonchev–Trinajstić information content (AvgIpc) is 2.86. The second kappa shape index (κ2) is 6.14. The van der Waals surface area contributed by atoms with Crippen LogP contribution in [-0.2, 0) is 11.3 Å². The van der Waals surface area contributed by atoms with Gasteiger partial charge in [-0.25, -0.2) is 5.84 Å². The van der Waals surface area contributed by atoms with Gasteiger partial charge in [0.1, 0.15) is 0 Å². The van der Waals surface area contributed by atoms with Crippen LogP contribution in [0.5, 0.6) is 0 Å². The first kappa shape index (κ1) is 14.0. The Kier molecular flexibility index (Phi) is 4.52. The summed E-state index contributed by atoms with van der Waals surface area (Å²) in [6.07, 6.45) is 1.22. The van der Waals surface area contributed by atoms with Gasteiger partial charge in [-0.3, -0.25) is 15.1 Å². The zero-order valence-corrected chi connectivity index (χ0v) is 11.3. The summed E-state index contributed by atoms with van der Waals surface area (Å²) in [4.78, 5) is 13.6. The summed E-state index contributed by atoms with van der Waals surface area (Å²) in [6, 6.07) is 1.99. The van der Waals surface area contributed by atoms with E-state index in [1.54, 1.807) is 6.07 Å². The van der Waals surface area contributed by atoms with E-state index in [-0.39, 0.29) is 11.8 Å². The normalized spacial score (nSPS) is 24.4. The SMILES string of the molecule is CCC1COC(C)CN1Cc1cc(C(=O)NN)no1. The van der Waals surface area contributed by atoms with Gasteiger partial charge in [-0.1, -0.05) is 12.1 Å². The Morgan fingerprint density at radius 3 is 3.16 bits per heavy atom. The highest BCUT2D eigenvalue weighted by atomic mass is 16.5. The number of morpholine rings is 1. The molecule has 1 aliphatic rings. The quantitative estimate of drug-likeness (QED) is 0.463. The summed E-state index contributed by atoms with van der Waals surface area (Å²) in [6.45, 7) is 6.37. The Balaban J connectivity index is 2.02. The second-order valence-corrected chi connectivity index (χ2v) is 4.79. The summed E-state index contributed by atoms with van der Waals surface area (Å²) in [5.74, 6) is 5.26. The van der Waals surface area contributed by atoms with Crippen molar-refractivity contribution in [2.75, 3.05) is 13.2 Å². The van der Waals surface area contributed by atoms with Crippen molar-refractivity contribution >= 4 is 5.91 Å². The molecule has 1 fully saturated rings. The lowest BCUT2D eigenvalue weighted by Gasteiger charge is -2.37. The Hall–Kier alpha value is -1.44. The Bertz CT molecular complexity index is 434. The molecule has 1 saturated heterocycles. The van der Waals surface area contributed by atoms with Gasteiger partial charge < -0.3 is 9.26 Å². The van der Waals surface area contributed by atoms with Gasteiger partial charge in [0, 0.05) is 18.7 Å². The predicted molar refractivity (Wildman–Crippen MR) is 68.1 cm³/mol. The van der Waals surface area contributed by atoms with Crippen LogP contribution in [-0.4, -0.2) is 41.3 Å². The number of amides is 1. The first-order valence-electron chi connectivity index (χ1n) is 6.46. The van der Waals surface area contributed by atoms with Crippen molar-refractivity contribution in [1.82, 2.24) is 15.5 Å². The molecule has 2 unspecified atom stereocenters. The van der Waals surface area contributed by atoms with Gasteiger partial charge in [0.2, 0.25) is 0 Å². The molecule has 0 spiro atoms. The van der Waals surface area contributed by atoms with E-state index in [9.17, 15) is 4.79 Å². The van der Waals surface area contributed by atoms with Crippen LogP contribution in [0, 0.1) is 0 Å². The van der Waals surface area contributed by atoms with Gasteiger partial charge in [-0.05, 0) is 13.3 Å². The van der Waals surface area contributed by atoms with Crippen LogP contribution in [0.25, 0.3) is 0 Å². The van der Waals surface area contributed by atoms with E-state index in [0.29, 0.717) is 18.3 Å². The zero-order valence-electron chi connectivity index (χ0n) is 11.3. The van der Waals surface area contributed by atoms with Gasteiger partial charge in [0.05, 0.1) is 19.3 Å². The molecule has 7 heteroatoms. The number of nitrogens with two attached hydrogens (primary N) is 1. The van der Waals surface area contributed by atoms with E-state index in [4.69, 9.17) is 15.1 Å². The van der Waals surface area contributed by atoms with Crippen LogP contribution >= 0.6 is 0 Å². The smallest absolute Gasteiger partial charge is 0.287 e. The number of carbonyl (C=O) groups is 1. The Morgan fingerprint density at radius 2 is 2.47 bits per heavy atom. The number of nitrogen functional groups attached to an aromatic ring is 1. The van der Waals surface area contributed by atoms with Crippen molar-refractivity contribution in [2.24, 2.45) is 5.84 Å². The van der Waals surface area contributed by atoms with E-state index in [1.165, 1.54) is 0 Å². The molecule has 1 aliphatic heterocycles. The maximum Gasteiger partial charge on any atom is 0.287 e. The van der Waals surface area contributed by atoms with Crippen LogP contribution in [0.4, 0.5) is 0 Å². The molecule has 19 heavy (non-hydrogen) atoms. The predicted octanol–water partition coefficient (Wildman–Crippen LogP) is 0.277. The van der Waals surface area contributed by atoms with Crippen molar-refractivity contribution in [1.29, 1.82) is 0 Å². The summed E-state index contributed by atoms with van der Waals surface area (Å²) in [5.41, 5.74) is 2.23. The molecular weight excluding hydrogens is 248 g/mol. The van der Waals surface area contributed by atoms with Crippen LogP contribution in [0.3, 0.4) is 0 Å². The van der Waals surface area contributed by atoms with Crippen molar-refractivity contribution in [3.8, 4) is 0 Å². The van der Waals surface area contributed by atoms with Crippen LogP contribution in [0.1, 0.15) is 36.5 Å². The fourth-order valence-electron chi connectivity index (χ4n) is 2.25. The molecule has 106 valence electrons. The molecule has 3 N–H and O–H groups in total. The third-order valence-corrected chi connectivity index (χ3v) is 3.33. The van der Waals surface area contributed by atoms with E-state index < -0.39 is 5.91 Å². The van der Waals surface area contributed by atoms with E-state index in [2.05, 4.69) is 17.0 Å².